The minimum Gasteiger partial charge on any atom is -0.353 e. The Labute approximate surface area is 104 Å². The zero-order valence-electron chi connectivity index (χ0n) is 11.7. The van der Waals surface area contributed by atoms with Crippen molar-refractivity contribution >= 4 is 11.7 Å². The van der Waals surface area contributed by atoms with E-state index < -0.39 is 5.41 Å². The van der Waals surface area contributed by atoms with Gasteiger partial charge in [-0.25, -0.2) is 0 Å². The Bertz CT molecular complexity index is 308. The fourth-order valence-corrected chi connectivity index (χ4v) is 2.07. The summed E-state index contributed by atoms with van der Waals surface area (Å²) >= 11 is 0. The molecule has 0 radical (unpaired) electrons. The molecule has 0 aliphatic heterocycles. The molecule has 0 unspecified atom stereocenters. The van der Waals surface area contributed by atoms with Gasteiger partial charge in [0.2, 0.25) is 5.91 Å². The summed E-state index contributed by atoms with van der Waals surface area (Å²) in [5, 5.41) is 3.02. The molecule has 0 atom stereocenters. The maximum absolute atomic E-state index is 12.0. The second-order valence-corrected chi connectivity index (χ2v) is 6.59. The predicted molar refractivity (Wildman–Crippen MR) is 68.6 cm³/mol. The van der Waals surface area contributed by atoms with Crippen LogP contribution in [0, 0.1) is 10.8 Å². The van der Waals surface area contributed by atoms with E-state index in [9.17, 15) is 9.59 Å². The van der Waals surface area contributed by atoms with E-state index in [0.29, 0.717) is 5.41 Å². The first-order chi connectivity index (χ1) is 7.65. The molecule has 1 fully saturated rings. The molecule has 17 heavy (non-hydrogen) atoms. The van der Waals surface area contributed by atoms with E-state index in [2.05, 4.69) is 19.2 Å². The Morgan fingerprint density at radius 1 is 1.18 bits per heavy atom. The minimum atomic E-state index is -0.896. The lowest BCUT2D eigenvalue weighted by Gasteiger charge is -2.35. The maximum Gasteiger partial charge on any atom is 0.233 e. The molecule has 0 bridgehead atoms. The van der Waals surface area contributed by atoms with Crippen LogP contribution >= 0.6 is 0 Å². The third-order valence-corrected chi connectivity index (χ3v) is 4.12. The number of carbonyl (C=O) groups is 2. The molecule has 1 amide bonds. The summed E-state index contributed by atoms with van der Waals surface area (Å²) in [6.45, 7) is 9.40. The van der Waals surface area contributed by atoms with Gasteiger partial charge in [0, 0.05) is 6.04 Å². The van der Waals surface area contributed by atoms with Crippen LogP contribution in [0.25, 0.3) is 0 Å². The monoisotopic (exact) mass is 239 g/mol. The second kappa shape index (κ2) is 4.79. The van der Waals surface area contributed by atoms with E-state index in [1.807, 2.05) is 0 Å². The lowest BCUT2D eigenvalue weighted by atomic mass is 9.75. The van der Waals surface area contributed by atoms with Crippen molar-refractivity contribution < 1.29 is 9.59 Å². The number of rotatable bonds is 3. The molecular formula is C14H25NO2. The smallest absolute Gasteiger partial charge is 0.233 e. The van der Waals surface area contributed by atoms with Crippen LogP contribution in [-0.2, 0) is 9.59 Å². The van der Waals surface area contributed by atoms with E-state index in [0.717, 1.165) is 25.7 Å². The van der Waals surface area contributed by atoms with Crippen molar-refractivity contribution in [1.29, 1.82) is 0 Å². The highest BCUT2D eigenvalue weighted by atomic mass is 16.2. The fraction of sp³-hybridized carbons (Fsp3) is 0.857. The average molecular weight is 239 g/mol. The lowest BCUT2D eigenvalue weighted by molar-refractivity contribution is -0.139. The van der Waals surface area contributed by atoms with Crippen LogP contribution in [0.5, 0.6) is 0 Å². The van der Waals surface area contributed by atoms with Crippen molar-refractivity contribution in [3.8, 4) is 0 Å². The quantitative estimate of drug-likeness (QED) is 0.770. The van der Waals surface area contributed by atoms with E-state index in [1.165, 1.54) is 6.92 Å². The standard InChI is InChI=1S/C14H25NO2/c1-10(16)14(4,5)12(17)15-11-6-8-13(2,3)9-7-11/h11H,6-9H2,1-5H3,(H,15,17). The molecule has 3 heteroatoms. The van der Waals surface area contributed by atoms with Gasteiger partial charge in [-0.2, -0.15) is 0 Å². The van der Waals surface area contributed by atoms with Crippen molar-refractivity contribution in [2.45, 2.75) is 66.3 Å². The fourth-order valence-electron chi connectivity index (χ4n) is 2.07. The number of hydrogen-bond acceptors (Lipinski definition) is 2. The zero-order chi connectivity index (χ0) is 13.3. The highest BCUT2D eigenvalue weighted by Gasteiger charge is 2.35. The number of hydrogen-bond donors (Lipinski definition) is 1. The van der Waals surface area contributed by atoms with Gasteiger partial charge in [0.25, 0.3) is 0 Å². The van der Waals surface area contributed by atoms with Crippen LogP contribution in [-0.4, -0.2) is 17.7 Å². The zero-order valence-corrected chi connectivity index (χ0v) is 11.7. The van der Waals surface area contributed by atoms with Gasteiger partial charge < -0.3 is 5.32 Å². The minimum absolute atomic E-state index is 0.0776. The van der Waals surface area contributed by atoms with E-state index in [4.69, 9.17) is 0 Å². The lowest BCUT2D eigenvalue weighted by Crippen LogP contribution is -2.47. The van der Waals surface area contributed by atoms with Crippen molar-refractivity contribution in [1.82, 2.24) is 5.32 Å². The summed E-state index contributed by atoms with van der Waals surface area (Å²) in [6, 6.07) is 0.245. The summed E-state index contributed by atoms with van der Waals surface area (Å²) in [5.74, 6) is -0.208. The summed E-state index contributed by atoms with van der Waals surface area (Å²) in [7, 11) is 0. The van der Waals surface area contributed by atoms with Crippen LogP contribution in [0.15, 0.2) is 0 Å². The normalized spacial score (nSPS) is 21.0. The van der Waals surface area contributed by atoms with Crippen LogP contribution < -0.4 is 5.32 Å². The Balaban J connectivity index is 2.51. The number of amides is 1. The molecule has 98 valence electrons. The summed E-state index contributed by atoms with van der Waals surface area (Å²) in [5.41, 5.74) is -0.496. The first kappa shape index (κ1) is 14.2. The van der Waals surface area contributed by atoms with Gasteiger partial charge in [0.05, 0.1) is 0 Å². The van der Waals surface area contributed by atoms with Gasteiger partial charge in [0.15, 0.2) is 0 Å². The van der Waals surface area contributed by atoms with Crippen molar-refractivity contribution in [2.75, 3.05) is 0 Å². The predicted octanol–water partition coefficient (Wildman–Crippen LogP) is 2.69. The average Bonchev–Trinajstić information content (AvgIpc) is 2.20. The third-order valence-electron chi connectivity index (χ3n) is 4.12. The number of ketones is 1. The molecule has 0 saturated heterocycles. The molecule has 1 aliphatic rings. The Hall–Kier alpha value is -0.860. The van der Waals surface area contributed by atoms with Crippen LogP contribution in [0.2, 0.25) is 0 Å². The molecule has 1 rings (SSSR count). The SMILES string of the molecule is CC(=O)C(C)(C)C(=O)NC1CCC(C)(C)CC1. The van der Waals surface area contributed by atoms with Crippen LogP contribution in [0.3, 0.4) is 0 Å². The van der Waals surface area contributed by atoms with Crippen molar-refractivity contribution in [2.24, 2.45) is 10.8 Å². The number of Topliss-reactive ketones (excluding diaryl/α,β-unsaturated/α-hetero) is 1. The van der Waals surface area contributed by atoms with Crippen LogP contribution in [0.1, 0.15) is 60.3 Å². The Kier molecular flexibility index (Phi) is 4.00. The summed E-state index contributed by atoms with van der Waals surface area (Å²) in [4.78, 5) is 23.4. The Morgan fingerprint density at radius 3 is 2.06 bits per heavy atom. The number of nitrogens with one attached hydrogen (secondary N) is 1. The molecule has 1 N–H and O–H groups in total. The third kappa shape index (κ3) is 3.55. The first-order valence-electron chi connectivity index (χ1n) is 6.47. The van der Waals surface area contributed by atoms with E-state index in [-0.39, 0.29) is 17.7 Å². The topological polar surface area (TPSA) is 46.2 Å². The molecule has 1 saturated carbocycles. The maximum atomic E-state index is 12.0. The van der Waals surface area contributed by atoms with Gasteiger partial charge in [-0.1, -0.05) is 13.8 Å². The largest absolute Gasteiger partial charge is 0.353 e. The molecule has 0 heterocycles. The van der Waals surface area contributed by atoms with Gasteiger partial charge in [-0.15, -0.1) is 0 Å². The molecule has 3 nitrogen and oxygen atoms in total. The molecule has 1 aliphatic carbocycles. The molecule has 0 aromatic heterocycles. The summed E-state index contributed by atoms with van der Waals surface area (Å²) in [6.07, 6.45) is 4.32. The van der Waals surface area contributed by atoms with Gasteiger partial charge >= 0.3 is 0 Å². The molecular weight excluding hydrogens is 214 g/mol. The van der Waals surface area contributed by atoms with Crippen LogP contribution in [0.4, 0.5) is 0 Å². The molecule has 0 aromatic carbocycles. The molecule has 0 spiro atoms. The second-order valence-electron chi connectivity index (χ2n) is 6.59. The van der Waals surface area contributed by atoms with Gasteiger partial charge in [0.1, 0.15) is 11.2 Å². The van der Waals surface area contributed by atoms with E-state index >= 15 is 0 Å². The summed E-state index contributed by atoms with van der Waals surface area (Å²) < 4.78 is 0. The van der Waals surface area contributed by atoms with Crippen molar-refractivity contribution in [3.63, 3.8) is 0 Å². The van der Waals surface area contributed by atoms with Gasteiger partial charge in [-0.05, 0) is 51.9 Å². The first-order valence-corrected chi connectivity index (χ1v) is 6.47. The number of carbonyl (C=O) groups excluding carboxylic acids is 2. The van der Waals surface area contributed by atoms with E-state index in [1.54, 1.807) is 13.8 Å². The van der Waals surface area contributed by atoms with Crippen molar-refractivity contribution in [3.05, 3.63) is 0 Å². The highest BCUT2D eigenvalue weighted by Crippen LogP contribution is 2.35. The highest BCUT2D eigenvalue weighted by molar-refractivity contribution is 6.04. The Morgan fingerprint density at radius 2 is 1.65 bits per heavy atom. The molecule has 0 aromatic rings. The van der Waals surface area contributed by atoms with Gasteiger partial charge in [-0.3, -0.25) is 9.59 Å².